The summed E-state index contributed by atoms with van der Waals surface area (Å²) in [5, 5.41) is 6.77. The molecule has 2 aromatic rings. The fraction of sp³-hybridized carbons (Fsp3) is 0.500. The van der Waals surface area contributed by atoms with Gasteiger partial charge in [-0.1, -0.05) is 26.0 Å². The van der Waals surface area contributed by atoms with Crippen LogP contribution in [0.3, 0.4) is 0 Å². The van der Waals surface area contributed by atoms with Gasteiger partial charge in [-0.25, -0.2) is 4.98 Å². The maximum Gasteiger partial charge on any atom is 0.224 e. The lowest BCUT2D eigenvalue weighted by Gasteiger charge is -2.35. The number of ether oxygens (including phenoxy) is 1. The molecule has 1 aliphatic rings. The maximum atomic E-state index is 11.5. The van der Waals surface area contributed by atoms with E-state index in [0.717, 1.165) is 35.7 Å². The number of benzene rings is 1. The molecule has 3 unspecified atom stereocenters. The zero-order valence-corrected chi connectivity index (χ0v) is 17.0. The molecule has 6 nitrogen and oxygen atoms in total. The summed E-state index contributed by atoms with van der Waals surface area (Å²) in [7, 11) is -0.954. The van der Waals surface area contributed by atoms with Gasteiger partial charge in [0.25, 0.3) is 0 Å². The third kappa shape index (κ3) is 5.49. The molecule has 1 fully saturated rings. The SMILES string of the molecule is CC(C)C1OCCCC1Nc1ccnc(NCc2ccc(S(C)=O)cc2)n1. The van der Waals surface area contributed by atoms with Crippen molar-refractivity contribution in [3.8, 4) is 0 Å². The summed E-state index contributed by atoms with van der Waals surface area (Å²) >= 11 is 0. The number of hydrogen-bond acceptors (Lipinski definition) is 6. The van der Waals surface area contributed by atoms with E-state index in [2.05, 4.69) is 34.4 Å². The van der Waals surface area contributed by atoms with Crippen molar-refractivity contribution in [2.24, 2.45) is 5.92 Å². The molecular formula is C20H28N4O2S. The molecule has 1 aromatic carbocycles. The monoisotopic (exact) mass is 388 g/mol. The minimum Gasteiger partial charge on any atom is -0.376 e. The molecule has 1 saturated heterocycles. The lowest BCUT2D eigenvalue weighted by atomic mass is 9.94. The van der Waals surface area contributed by atoms with E-state index in [4.69, 9.17) is 4.74 Å². The van der Waals surface area contributed by atoms with Crippen LogP contribution in [0.15, 0.2) is 41.4 Å². The van der Waals surface area contributed by atoms with Gasteiger partial charge in [0.05, 0.1) is 12.1 Å². The van der Waals surface area contributed by atoms with Crippen LogP contribution in [0.2, 0.25) is 0 Å². The van der Waals surface area contributed by atoms with Crippen LogP contribution < -0.4 is 10.6 Å². The lowest BCUT2D eigenvalue weighted by molar-refractivity contribution is -0.0203. The standard InChI is InChI=1S/C20H28N4O2S/c1-14(2)19-17(5-4-12-26-19)23-18-10-11-21-20(24-18)22-13-15-6-8-16(9-7-15)27(3)25/h6-11,14,17,19H,4-5,12-13H2,1-3H3,(H2,21,22,23,24). The number of aromatic nitrogens is 2. The Morgan fingerprint density at radius 2 is 2.04 bits per heavy atom. The molecule has 2 N–H and O–H groups in total. The van der Waals surface area contributed by atoms with Gasteiger partial charge in [-0.05, 0) is 42.5 Å². The Hall–Kier alpha value is -1.99. The number of hydrogen-bond donors (Lipinski definition) is 2. The van der Waals surface area contributed by atoms with Crippen LogP contribution in [-0.2, 0) is 22.1 Å². The highest BCUT2D eigenvalue weighted by molar-refractivity contribution is 7.84. The topological polar surface area (TPSA) is 76.1 Å². The summed E-state index contributed by atoms with van der Waals surface area (Å²) in [5.74, 6) is 1.86. The van der Waals surface area contributed by atoms with Gasteiger partial charge in [0.15, 0.2) is 0 Å². The molecule has 0 saturated carbocycles. The van der Waals surface area contributed by atoms with Crippen LogP contribution in [-0.4, -0.2) is 39.2 Å². The second-order valence-electron chi connectivity index (χ2n) is 7.19. The molecule has 3 rings (SSSR count). The molecule has 3 atom stereocenters. The van der Waals surface area contributed by atoms with Gasteiger partial charge in [0.1, 0.15) is 5.82 Å². The molecule has 2 heterocycles. The van der Waals surface area contributed by atoms with Gasteiger partial charge in [-0.3, -0.25) is 4.21 Å². The van der Waals surface area contributed by atoms with Crippen LogP contribution >= 0.6 is 0 Å². The molecule has 0 amide bonds. The van der Waals surface area contributed by atoms with Gasteiger partial charge >= 0.3 is 0 Å². The second kappa shape index (κ2) is 9.28. The van der Waals surface area contributed by atoms with Crippen LogP contribution in [0.5, 0.6) is 0 Å². The Labute approximate surface area is 163 Å². The van der Waals surface area contributed by atoms with E-state index in [9.17, 15) is 4.21 Å². The lowest BCUT2D eigenvalue weighted by Crippen LogP contribution is -2.43. The van der Waals surface area contributed by atoms with Crippen LogP contribution in [0.4, 0.5) is 11.8 Å². The highest BCUT2D eigenvalue weighted by Gasteiger charge is 2.28. The summed E-state index contributed by atoms with van der Waals surface area (Å²) in [6.45, 7) is 5.83. The minimum absolute atomic E-state index is 0.202. The van der Waals surface area contributed by atoms with Crippen molar-refractivity contribution in [2.45, 2.75) is 50.3 Å². The molecule has 146 valence electrons. The van der Waals surface area contributed by atoms with Crippen molar-refractivity contribution in [3.05, 3.63) is 42.1 Å². The highest BCUT2D eigenvalue weighted by atomic mass is 32.2. The summed E-state index contributed by atoms with van der Waals surface area (Å²) in [6, 6.07) is 9.88. The average Bonchev–Trinajstić information content (AvgIpc) is 2.67. The molecule has 0 aliphatic carbocycles. The number of anilines is 2. The molecule has 27 heavy (non-hydrogen) atoms. The summed E-state index contributed by atoms with van der Waals surface area (Å²) in [5.41, 5.74) is 1.09. The van der Waals surface area contributed by atoms with Crippen molar-refractivity contribution in [1.82, 2.24) is 9.97 Å². The van der Waals surface area contributed by atoms with Gasteiger partial charge < -0.3 is 15.4 Å². The van der Waals surface area contributed by atoms with E-state index in [0.29, 0.717) is 18.4 Å². The quantitative estimate of drug-likeness (QED) is 0.757. The first-order valence-corrected chi connectivity index (χ1v) is 11.0. The predicted octanol–water partition coefficient (Wildman–Crippen LogP) is 3.44. The molecule has 7 heteroatoms. The van der Waals surface area contributed by atoms with E-state index in [1.165, 1.54) is 0 Å². The Balaban J connectivity index is 1.60. The van der Waals surface area contributed by atoms with E-state index < -0.39 is 10.8 Å². The third-order valence-electron chi connectivity index (χ3n) is 4.72. The fourth-order valence-corrected chi connectivity index (χ4v) is 3.83. The zero-order chi connectivity index (χ0) is 19.2. The first-order valence-electron chi connectivity index (χ1n) is 9.40. The zero-order valence-electron chi connectivity index (χ0n) is 16.1. The van der Waals surface area contributed by atoms with Crippen molar-refractivity contribution in [2.75, 3.05) is 23.5 Å². The number of nitrogens with one attached hydrogen (secondary N) is 2. The minimum atomic E-state index is -0.954. The molecule has 0 radical (unpaired) electrons. The normalized spacial score (nSPS) is 21.0. The first-order chi connectivity index (χ1) is 13.0. The third-order valence-corrected chi connectivity index (χ3v) is 5.65. The highest BCUT2D eigenvalue weighted by Crippen LogP contribution is 2.23. The average molecular weight is 389 g/mol. The van der Waals surface area contributed by atoms with E-state index >= 15 is 0 Å². The van der Waals surface area contributed by atoms with Crippen LogP contribution in [0.25, 0.3) is 0 Å². The fourth-order valence-electron chi connectivity index (χ4n) is 3.31. The summed E-state index contributed by atoms with van der Waals surface area (Å²) in [6.07, 6.45) is 5.79. The number of rotatable bonds is 7. The maximum absolute atomic E-state index is 11.5. The summed E-state index contributed by atoms with van der Waals surface area (Å²) in [4.78, 5) is 9.72. The van der Waals surface area contributed by atoms with Crippen LogP contribution in [0, 0.1) is 5.92 Å². The number of nitrogens with zero attached hydrogens (tertiary/aromatic N) is 2. The van der Waals surface area contributed by atoms with Crippen LogP contribution in [0.1, 0.15) is 32.3 Å². The van der Waals surface area contributed by atoms with Crippen molar-refractivity contribution >= 4 is 22.6 Å². The van der Waals surface area contributed by atoms with Gasteiger partial charge in [0.2, 0.25) is 5.95 Å². The first kappa shape index (κ1) is 19.8. The molecule has 1 aromatic heterocycles. The predicted molar refractivity (Wildman–Crippen MR) is 109 cm³/mol. The van der Waals surface area contributed by atoms with Gasteiger partial charge in [-0.15, -0.1) is 0 Å². The molecule has 0 spiro atoms. The van der Waals surface area contributed by atoms with E-state index in [1.54, 1.807) is 12.5 Å². The Bertz CT molecular complexity index is 767. The van der Waals surface area contributed by atoms with Crippen molar-refractivity contribution < 1.29 is 8.95 Å². The summed E-state index contributed by atoms with van der Waals surface area (Å²) < 4.78 is 17.4. The molecule has 0 bridgehead atoms. The second-order valence-corrected chi connectivity index (χ2v) is 8.57. The molecular weight excluding hydrogens is 360 g/mol. The smallest absolute Gasteiger partial charge is 0.224 e. The Kier molecular flexibility index (Phi) is 6.79. The van der Waals surface area contributed by atoms with E-state index in [-0.39, 0.29) is 12.1 Å². The van der Waals surface area contributed by atoms with Crippen molar-refractivity contribution in [3.63, 3.8) is 0 Å². The Morgan fingerprint density at radius 3 is 2.74 bits per heavy atom. The Morgan fingerprint density at radius 1 is 1.26 bits per heavy atom. The van der Waals surface area contributed by atoms with Crippen molar-refractivity contribution in [1.29, 1.82) is 0 Å². The van der Waals surface area contributed by atoms with Gasteiger partial charge in [-0.2, -0.15) is 4.98 Å². The molecule has 1 aliphatic heterocycles. The van der Waals surface area contributed by atoms with Gasteiger partial charge in [0, 0.05) is 41.3 Å². The van der Waals surface area contributed by atoms with E-state index in [1.807, 2.05) is 30.3 Å². The largest absolute Gasteiger partial charge is 0.376 e.